The van der Waals surface area contributed by atoms with Gasteiger partial charge in [-0.25, -0.2) is 9.59 Å². The van der Waals surface area contributed by atoms with Crippen LogP contribution < -0.4 is 5.32 Å². The number of carboxylic acids is 1. The molecule has 3 atom stereocenters. The molecule has 1 heterocycles. The van der Waals surface area contributed by atoms with Gasteiger partial charge in [-0.15, -0.1) is 0 Å². The van der Waals surface area contributed by atoms with Crippen LogP contribution in [0.25, 0.3) is 0 Å². The third-order valence-electron chi connectivity index (χ3n) is 3.23. The summed E-state index contributed by atoms with van der Waals surface area (Å²) in [6.07, 6.45) is 0.331. The number of carbonyl (C=O) groups is 2. The van der Waals surface area contributed by atoms with E-state index >= 15 is 0 Å². The minimum Gasteiger partial charge on any atom is -0.479 e. The molecule has 0 radical (unpaired) electrons. The summed E-state index contributed by atoms with van der Waals surface area (Å²) < 4.78 is 5.28. The van der Waals surface area contributed by atoms with E-state index in [9.17, 15) is 9.59 Å². The van der Waals surface area contributed by atoms with Crippen molar-refractivity contribution in [3.8, 4) is 6.07 Å². The first kappa shape index (κ1) is 15.2. The maximum absolute atomic E-state index is 11.8. The predicted molar refractivity (Wildman–Crippen MR) is 66.4 cm³/mol. The van der Waals surface area contributed by atoms with Crippen LogP contribution >= 0.6 is 0 Å². The molecule has 0 aromatic rings. The lowest BCUT2D eigenvalue weighted by Crippen LogP contribution is -2.44. The number of rotatable bonds is 5. The van der Waals surface area contributed by atoms with Crippen LogP contribution in [0.4, 0.5) is 4.79 Å². The Hall–Kier alpha value is -1.81. The molecular weight excluding hydrogens is 250 g/mol. The van der Waals surface area contributed by atoms with Crippen LogP contribution in [0.15, 0.2) is 0 Å². The van der Waals surface area contributed by atoms with Crippen LogP contribution in [-0.2, 0) is 9.53 Å². The minimum absolute atomic E-state index is 0.165. The van der Waals surface area contributed by atoms with Gasteiger partial charge in [0, 0.05) is 19.6 Å². The molecule has 0 bridgehead atoms. The fourth-order valence-corrected chi connectivity index (χ4v) is 1.83. The van der Waals surface area contributed by atoms with Crippen LogP contribution in [-0.4, -0.2) is 53.8 Å². The second kappa shape index (κ2) is 6.95. The third-order valence-corrected chi connectivity index (χ3v) is 3.23. The first-order valence-electron chi connectivity index (χ1n) is 6.21. The van der Waals surface area contributed by atoms with E-state index in [1.54, 1.807) is 14.0 Å². The SMILES string of the molecule is CC(CC#N)N(C)C(=O)NCC1CCC(C(=O)O)O1. The van der Waals surface area contributed by atoms with Gasteiger partial charge in [-0.3, -0.25) is 0 Å². The molecule has 1 aliphatic heterocycles. The van der Waals surface area contributed by atoms with Crippen molar-refractivity contribution in [2.45, 2.75) is 44.4 Å². The van der Waals surface area contributed by atoms with Gasteiger partial charge < -0.3 is 20.1 Å². The van der Waals surface area contributed by atoms with Gasteiger partial charge in [-0.1, -0.05) is 0 Å². The van der Waals surface area contributed by atoms with Gasteiger partial charge in [0.2, 0.25) is 0 Å². The molecule has 7 heteroatoms. The van der Waals surface area contributed by atoms with E-state index in [0.29, 0.717) is 12.8 Å². The smallest absolute Gasteiger partial charge is 0.332 e. The standard InChI is InChI=1S/C12H19N3O4/c1-8(5-6-13)15(2)12(18)14-7-9-3-4-10(19-9)11(16)17/h8-10H,3-5,7H2,1-2H3,(H,14,18)(H,16,17). The molecule has 106 valence electrons. The van der Waals surface area contributed by atoms with Gasteiger partial charge in [0.25, 0.3) is 0 Å². The van der Waals surface area contributed by atoms with Crippen molar-refractivity contribution in [2.24, 2.45) is 0 Å². The lowest BCUT2D eigenvalue weighted by Gasteiger charge is -2.24. The summed E-state index contributed by atoms with van der Waals surface area (Å²) in [6.45, 7) is 2.07. The number of aliphatic carboxylic acids is 1. The number of hydrogen-bond acceptors (Lipinski definition) is 4. The second-order valence-electron chi connectivity index (χ2n) is 4.67. The highest BCUT2D eigenvalue weighted by Crippen LogP contribution is 2.19. The molecule has 1 aliphatic rings. The number of nitrogens with zero attached hydrogens (tertiary/aromatic N) is 2. The Morgan fingerprint density at radius 1 is 1.58 bits per heavy atom. The lowest BCUT2D eigenvalue weighted by atomic mass is 10.2. The predicted octanol–water partition coefficient (Wildman–Crippen LogP) is 0.562. The first-order chi connectivity index (χ1) is 8.95. The zero-order chi connectivity index (χ0) is 14.4. The summed E-state index contributed by atoms with van der Waals surface area (Å²) in [6, 6.07) is 1.55. The number of ether oxygens (including phenoxy) is 1. The molecular formula is C12H19N3O4. The highest BCUT2D eigenvalue weighted by atomic mass is 16.5. The molecule has 0 aromatic carbocycles. The lowest BCUT2D eigenvalue weighted by molar-refractivity contribution is -0.149. The maximum atomic E-state index is 11.8. The summed E-state index contributed by atoms with van der Waals surface area (Å²) in [4.78, 5) is 23.9. The van der Waals surface area contributed by atoms with E-state index in [4.69, 9.17) is 15.1 Å². The van der Waals surface area contributed by atoms with Gasteiger partial charge >= 0.3 is 12.0 Å². The topological polar surface area (TPSA) is 103 Å². The van der Waals surface area contributed by atoms with Crippen molar-refractivity contribution in [3.05, 3.63) is 0 Å². The molecule has 0 spiro atoms. The quantitative estimate of drug-likeness (QED) is 0.759. The number of carbonyl (C=O) groups excluding carboxylic acids is 1. The molecule has 2 amide bonds. The van der Waals surface area contributed by atoms with Crippen LogP contribution in [0.3, 0.4) is 0 Å². The van der Waals surface area contributed by atoms with Crippen LogP contribution in [0.2, 0.25) is 0 Å². The van der Waals surface area contributed by atoms with Crippen molar-refractivity contribution < 1.29 is 19.4 Å². The van der Waals surface area contributed by atoms with Gasteiger partial charge in [0.05, 0.1) is 18.6 Å². The summed E-state index contributed by atoms with van der Waals surface area (Å²) in [5.41, 5.74) is 0. The van der Waals surface area contributed by atoms with Crippen molar-refractivity contribution in [1.29, 1.82) is 5.26 Å². The fourth-order valence-electron chi connectivity index (χ4n) is 1.83. The Labute approximate surface area is 112 Å². The molecule has 1 saturated heterocycles. The van der Waals surface area contributed by atoms with Crippen LogP contribution in [0, 0.1) is 11.3 Å². The number of nitriles is 1. The van der Waals surface area contributed by atoms with Crippen molar-refractivity contribution in [2.75, 3.05) is 13.6 Å². The van der Waals surface area contributed by atoms with Crippen LogP contribution in [0.5, 0.6) is 0 Å². The average Bonchev–Trinajstić information content (AvgIpc) is 2.84. The largest absolute Gasteiger partial charge is 0.479 e. The third kappa shape index (κ3) is 4.41. The first-order valence-corrected chi connectivity index (χ1v) is 6.21. The van der Waals surface area contributed by atoms with Gasteiger partial charge in [-0.05, 0) is 19.8 Å². The van der Waals surface area contributed by atoms with Gasteiger partial charge in [0.15, 0.2) is 6.10 Å². The molecule has 19 heavy (non-hydrogen) atoms. The second-order valence-corrected chi connectivity index (χ2v) is 4.67. The number of amides is 2. The molecule has 1 rings (SSSR count). The zero-order valence-electron chi connectivity index (χ0n) is 11.1. The van der Waals surface area contributed by atoms with E-state index in [1.807, 2.05) is 6.07 Å². The van der Waals surface area contributed by atoms with E-state index in [0.717, 1.165) is 0 Å². The number of carboxylic acid groups (broad SMARTS) is 1. The van der Waals surface area contributed by atoms with Crippen LogP contribution in [0.1, 0.15) is 26.2 Å². The fraction of sp³-hybridized carbons (Fsp3) is 0.750. The maximum Gasteiger partial charge on any atom is 0.332 e. The highest BCUT2D eigenvalue weighted by Gasteiger charge is 2.30. The van der Waals surface area contributed by atoms with E-state index in [1.165, 1.54) is 4.90 Å². The Kier molecular flexibility index (Phi) is 5.57. The normalized spacial score (nSPS) is 23.4. The van der Waals surface area contributed by atoms with Crippen molar-refractivity contribution in [3.63, 3.8) is 0 Å². The summed E-state index contributed by atoms with van der Waals surface area (Å²) >= 11 is 0. The summed E-state index contributed by atoms with van der Waals surface area (Å²) in [7, 11) is 1.62. The molecule has 3 unspecified atom stereocenters. The van der Waals surface area contributed by atoms with E-state index in [2.05, 4.69) is 5.32 Å². The Bertz CT molecular complexity index is 380. The Morgan fingerprint density at radius 3 is 2.79 bits per heavy atom. The zero-order valence-corrected chi connectivity index (χ0v) is 11.1. The van der Waals surface area contributed by atoms with E-state index < -0.39 is 12.1 Å². The molecule has 7 nitrogen and oxygen atoms in total. The average molecular weight is 269 g/mol. The highest BCUT2D eigenvalue weighted by molar-refractivity contribution is 5.74. The number of nitrogens with one attached hydrogen (secondary N) is 1. The molecule has 0 saturated carbocycles. The van der Waals surface area contributed by atoms with E-state index in [-0.39, 0.29) is 31.1 Å². The minimum atomic E-state index is -0.964. The Morgan fingerprint density at radius 2 is 2.26 bits per heavy atom. The molecule has 1 fully saturated rings. The molecule has 2 N–H and O–H groups in total. The number of urea groups is 1. The van der Waals surface area contributed by atoms with Crippen molar-refractivity contribution in [1.82, 2.24) is 10.2 Å². The number of hydrogen-bond donors (Lipinski definition) is 2. The molecule has 0 aliphatic carbocycles. The van der Waals surface area contributed by atoms with Gasteiger partial charge in [-0.2, -0.15) is 5.26 Å². The van der Waals surface area contributed by atoms with Crippen molar-refractivity contribution >= 4 is 12.0 Å². The summed E-state index contributed by atoms with van der Waals surface area (Å²) in [5, 5.41) is 20.0. The van der Waals surface area contributed by atoms with Gasteiger partial charge in [0.1, 0.15) is 0 Å². The summed E-state index contributed by atoms with van der Waals surface area (Å²) in [5.74, 6) is -0.964. The molecule has 0 aromatic heterocycles. The monoisotopic (exact) mass is 269 g/mol. The Balaban J connectivity index is 2.31.